The zero-order valence-corrected chi connectivity index (χ0v) is 12.7. The molecule has 0 aliphatic rings. The molecule has 8 heteroatoms. The zero-order chi connectivity index (χ0) is 17.0. The summed E-state index contributed by atoms with van der Waals surface area (Å²) in [7, 11) is 3.72. The topological polar surface area (TPSA) is 49.6 Å². The highest BCUT2D eigenvalue weighted by Crippen LogP contribution is 2.21. The monoisotopic (exact) mass is 327 g/mol. The number of carbonyl (C=O) groups is 1. The third-order valence-corrected chi connectivity index (χ3v) is 3.14. The summed E-state index contributed by atoms with van der Waals surface area (Å²) < 4.78 is 42.7. The molecule has 124 valence electrons. The van der Waals surface area contributed by atoms with Gasteiger partial charge in [-0.1, -0.05) is 17.3 Å². The van der Waals surface area contributed by atoms with Crippen LogP contribution in [0.15, 0.2) is 41.1 Å². The number of amides is 1. The van der Waals surface area contributed by atoms with Crippen LogP contribution in [0.4, 0.5) is 18.9 Å². The molecule has 0 saturated carbocycles. The van der Waals surface area contributed by atoms with Gasteiger partial charge in [0.1, 0.15) is 12.8 Å². The maximum absolute atomic E-state index is 12.7. The Morgan fingerprint density at radius 2 is 1.83 bits per heavy atom. The van der Waals surface area contributed by atoms with Crippen LogP contribution >= 0.6 is 0 Å². The molecular weight excluding hydrogens is 311 g/mol. The predicted molar refractivity (Wildman–Crippen MR) is 78.1 cm³/mol. The molecule has 1 aromatic carbocycles. The van der Waals surface area contributed by atoms with Gasteiger partial charge < -0.3 is 14.3 Å². The lowest BCUT2D eigenvalue weighted by Crippen LogP contribution is -2.38. The third kappa shape index (κ3) is 4.73. The van der Waals surface area contributed by atoms with E-state index in [2.05, 4.69) is 9.68 Å². The highest BCUT2D eigenvalue weighted by molar-refractivity contribution is 5.92. The van der Waals surface area contributed by atoms with E-state index >= 15 is 0 Å². The van der Waals surface area contributed by atoms with Gasteiger partial charge >= 0.3 is 6.18 Å². The van der Waals surface area contributed by atoms with E-state index in [1.807, 2.05) is 19.0 Å². The SMILES string of the molecule is CN(C)c1ccc(CN(CC(F)(F)F)C(=O)c2ccon2)cc1. The van der Waals surface area contributed by atoms with Gasteiger partial charge in [-0.2, -0.15) is 13.2 Å². The van der Waals surface area contributed by atoms with E-state index < -0.39 is 18.6 Å². The fourth-order valence-corrected chi connectivity index (χ4v) is 2.02. The molecule has 0 saturated heterocycles. The zero-order valence-electron chi connectivity index (χ0n) is 12.7. The summed E-state index contributed by atoms with van der Waals surface area (Å²) in [6, 6.07) is 8.17. The molecule has 0 fully saturated rings. The first-order valence-electron chi connectivity index (χ1n) is 6.79. The van der Waals surface area contributed by atoms with Crippen LogP contribution in [-0.2, 0) is 6.54 Å². The van der Waals surface area contributed by atoms with Gasteiger partial charge in [-0.05, 0) is 17.7 Å². The van der Waals surface area contributed by atoms with Crippen molar-refractivity contribution in [3.8, 4) is 0 Å². The van der Waals surface area contributed by atoms with Crippen molar-refractivity contribution >= 4 is 11.6 Å². The number of nitrogens with zero attached hydrogens (tertiary/aromatic N) is 3. The molecule has 0 unspecified atom stereocenters. The summed E-state index contributed by atoms with van der Waals surface area (Å²) in [5.74, 6) is -0.826. The maximum Gasteiger partial charge on any atom is 0.406 e. The number of halogens is 3. The largest absolute Gasteiger partial charge is 0.406 e. The van der Waals surface area contributed by atoms with Gasteiger partial charge in [-0.15, -0.1) is 0 Å². The average molecular weight is 327 g/mol. The van der Waals surface area contributed by atoms with Crippen molar-refractivity contribution in [3.63, 3.8) is 0 Å². The molecule has 1 aromatic heterocycles. The molecule has 0 aliphatic carbocycles. The minimum absolute atomic E-state index is 0.154. The summed E-state index contributed by atoms with van der Waals surface area (Å²) in [6.07, 6.45) is -3.35. The number of anilines is 1. The minimum atomic E-state index is -4.50. The quantitative estimate of drug-likeness (QED) is 0.847. The second-order valence-electron chi connectivity index (χ2n) is 5.22. The van der Waals surface area contributed by atoms with Crippen LogP contribution in [0.5, 0.6) is 0 Å². The Labute approximate surface area is 131 Å². The molecule has 1 amide bonds. The van der Waals surface area contributed by atoms with Gasteiger partial charge in [0.05, 0.1) is 0 Å². The summed E-state index contributed by atoms with van der Waals surface area (Å²) >= 11 is 0. The number of rotatable bonds is 5. The molecule has 5 nitrogen and oxygen atoms in total. The number of hydrogen-bond donors (Lipinski definition) is 0. The van der Waals surface area contributed by atoms with Crippen molar-refractivity contribution in [3.05, 3.63) is 47.9 Å². The van der Waals surface area contributed by atoms with Crippen molar-refractivity contribution in [2.45, 2.75) is 12.7 Å². The molecule has 2 rings (SSSR count). The minimum Gasteiger partial charge on any atom is -0.378 e. The summed E-state index contributed by atoms with van der Waals surface area (Å²) in [5, 5.41) is 3.41. The summed E-state index contributed by atoms with van der Waals surface area (Å²) in [6.45, 7) is -1.52. The summed E-state index contributed by atoms with van der Waals surface area (Å²) in [5.41, 5.74) is 1.36. The van der Waals surface area contributed by atoms with Crippen LogP contribution in [-0.4, -0.2) is 42.8 Å². The van der Waals surface area contributed by atoms with E-state index in [-0.39, 0.29) is 12.2 Å². The lowest BCUT2D eigenvalue weighted by molar-refractivity contribution is -0.141. The van der Waals surface area contributed by atoms with Crippen LogP contribution in [0.25, 0.3) is 0 Å². The molecule has 0 spiro atoms. The lowest BCUT2D eigenvalue weighted by atomic mass is 10.1. The molecule has 23 heavy (non-hydrogen) atoms. The number of benzene rings is 1. The highest BCUT2D eigenvalue weighted by atomic mass is 19.4. The van der Waals surface area contributed by atoms with E-state index in [0.717, 1.165) is 12.0 Å². The Bertz CT molecular complexity index is 637. The van der Waals surface area contributed by atoms with Gasteiger partial charge in [0, 0.05) is 32.4 Å². The number of alkyl halides is 3. The van der Waals surface area contributed by atoms with Gasteiger partial charge in [-0.3, -0.25) is 4.79 Å². The van der Waals surface area contributed by atoms with Crippen LogP contribution in [0.3, 0.4) is 0 Å². The molecule has 1 heterocycles. The van der Waals surface area contributed by atoms with E-state index in [1.165, 1.54) is 6.07 Å². The molecular formula is C15H16F3N3O2. The van der Waals surface area contributed by atoms with E-state index in [1.54, 1.807) is 24.3 Å². The second kappa shape index (κ2) is 6.72. The van der Waals surface area contributed by atoms with Gasteiger partial charge in [0.25, 0.3) is 5.91 Å². The Balaban J connectivity index is 2.18. The van der Waals surface area contributed by atoms with Gasteiger partial charge in [0.2, 0.25) is 0 Å². The lowest BCUT2D eigenvalue weighted by Gasteiger charge is -2.23. The molecule has 0 bridgehead atoms. The number of hydrogen-bond acceptors (Lipinski definition) is 4. The van der Waals surface area contributed by atoms with Crippen molar-refractivity contribution in [1.29, 1.82) is 0 Å². The Morgan fingerprint density at radius 3 is 2.30 bits per heavy atom. The molecule has 0 aliphatic heterocycles. The van der Waals surface area contributed by atoms with Crippen molar-refractivity contribution in [2.24, 2.45) is 0 Å². The van der Waals surface area contributed by atoms with Gasteiger partial charge in [-0.25, -0.2) is 0 Å². The highest BCUT2D eigenvalue weighted by Gasteiger charge is 2.34. The molecule has 0 atom stereocenters. The van der Waals surface area contributed by atoms with Crippen molar-refractivity contribution in [1.82, 2.24) is 10.1 Å². The van der Waals surface area contributed by atoms with Crippen LogP contribution in [0.2, 0.25) is 0 Å². The fraction of sp³-hybridized carbons (Fsp3) is 0.333. The van der Waals surface area contributed by atoms with E-state index in [4.69, 9.17) is 0 Å². The molecule has 0 N–H and O–H groups in total. The van der Waals surface area contributed by atoms with Gasteiger partial charge in [0.15, 0.2) is 5.69 Å². The third-order valence-electron chi connectivity index (χ3n) is 3.14. The average Bonchev–Trinajstić information content (AvgIpc) is 2.99. The summed E-state index contributed by atoms with van der Waals surface area (Å²) in [4.78, 5) is 14.7. The van der Waals surface area contributed by atoms with Crippen LogP contribution in [0.1, 0.15) is 16.1 Å². The Hall–Kier alpha value is -2.51. The predicted octanol–water partition coefficient (Wildman–Crippen LogP) is 2.95. The normalized spacial score (nSPS) is 11.3. The Morgan fingerprint density at radius 1 is 1.17 bits per heavy atom. The van der Waals surface area contributed by atoms with E-state index in [9.17, 15) is 18.0 Å². The van der Waals surface area contributed by atoms with Crippen molar-refractivity contribution in [2.75, 3.05) is 25.5 Å². The van der Waals surface area contributed by atoms with E-state index in [0.29, 0.717) is 10.5 Å². The first-order valence-corrected chi connectivity index (χ1v) is 6.79. The molecule has 0 radical (unpaired) electrons. The number of aromatic nitrogens is 1. The second-order valence-corrected chi connectivity index (χ2v) is 5.22. The van der Waals surface area contributed by atoms with Crippen LogP contribution in [0, 0.1) is 0 Å². The van der Waals surface area contributed by atoms with Crippen LogP contribution < -0.4 is 4.90 Å². The fourth-order valence-electron chi connectivity index (χ4n) is 2.02. The Kier molecular flexibility index (Phi) is 4.92. The molecule has 2 aromatic rings. The standard InChI is InChI=1S/C15H16F3N3O2/c1-20(2)12-5-3-11(4-6-12)9-21(10-15(16,17)18)14(22)13-7-8-23-19-13/h3-8H,9-10H2,1-2H3. The number of carbonyl (C=O) groups excluding carboxylic acids is 1. The van der Waals surface area contributed by atoms with Crippen molar-refractivity contribution < 1.29 is 22.5 Å². The first kappa shape index (κ1) is 16.9. The smallest absolute Gasteiger partial charge is 0.378 e. The first-order chi connectivity index (χ1) is 10.8. The maximum atomic E-state index is 12.7.